The summed E-state index contributed by atoms with van der Waals surface area (Å²) < 4.78 is 0. The molecule has 1 atom stereocenters. The maximum absolute atomic E-state index is 11.1. The van der Waals surface area contributed by atoms with Crippen LogP contribution in [0.15, 0.2) is 0 Å². The molecule has 1 rings (SSSR count). The van der Waals surface area contributed by atoms with Gasteiger partial charge in [-0.05, 0) is 25.2 Å². The molecule has 3 nitrogen and oxygen atoms in total. The van der Waals surface area contributed by atoms with Gasteiger partial charge in [0.05, 0.1) is 6.07 Å². The molecule has 0 aliphatic carbocycles. The molecule has 1 aliphatic rings. The molecule has 0 unspecified atom stereocenters. The van der Waals surface area contributed by atoms with Crippen molar-refractivity contribution in [2.45, 2.75) is 33.1 Å². The van der Waals surface area contributed by atoms with Crippen LogP contribution in [0.5, 0.6) is 0 Å². The molecule has 1 heterocycles. The summed E-state index contributed by atoms with van der Waals surface area (Å²) in [5, 5.41) is 8.92. The molecule has 0 radical (unpaired) electrons. The normalized spacial score (nSPS) is 20.2. The number of carbonyl (C=O) groups excluding carboxylic acids is 1. The van der Waals surface area contributed by atoms with Gasteiger partial charge in [-0.1, -0.05) is 6.92 Å². The van der Waals surface area contributed by atoms with Gasteiger partial charge in [0, 0.05) is 25.9 Å². The van der Waals surface area contributed by atoms with E-state index in [4.69, 9.17) is 5.26 Å². The van der Waals surface area contributed by atoms with Crippen LogP contribution in [0.1, 0.15) is 33.1 Å². The van der Waals surface area contributed by atoms with E-state index in [1.807, 2.05) is 4.90 Å². The van der Waals surface area contributed by atoms with E-state index in [-0.39, 0.29) is 11.8 Å². The number of nitrogens with zero attached hydrogens (tertiary/aromatic N) is 2. The zero-order valence-electron chi connectivity index (χ0n) is 8.99. The first-order chi connectivity index (χ1) is 6.69. The Kier molecular flexibility index (Phi) is 3.94. The predicted molar refractivity (Wildman–Crippen MR) is 54.4 cm³/mol. The molecular weight excluding hydrogens is 176 g/mol. The van der Waals surface area contributed by atoms with Crippen molar-refractivity contribution in [3.8, 4) is 6.07 Å². The van der Waals surface area contributed by atoms with Crippen LogP contribution >= 0.6 is 0 Å². The third-order valence-corrected chi connectivity index (χ3v) is 3.16. The Hall–Kier alpha value is -1.04. The van der Waals surface area contributed by atoms with Gasteiger partial charge in [-0.25, -0.2) is 0 Å². The number of likely N-dealkylation sites (tertiary alicyclic amines) is 1. The molecule has 0 aromatic rings. The van der Waals surface area contributed by atoms with Crippen molar-refractivity contribution in [1.82, 2.24) is 4.90 Å². The standard InChI is InChI=1S/C11H18N2O/c1-3-10(8-12)11-4-6-13(7-5-11)9(2)14/h10-11H,3-7H2,1-2H3/t10-/m1/s1. The van der Waals surface area contributed by atoms with Crippen molar-refractivity contribution in [2.75, 3.05) is 13.1 Å². The van der Waals surface area contributed by atoms with Crippen molar-refractivity contribution in [3.05, 3.63) is 0 Å². The molecule has 0 aromatic carbocycles. The Labute approximate surface area is 85.7 Å². The van der Waals surface area contributed by atoms with E-state index in [2.05, 4.69) is 13.0 Å². The third-order valence-electron chi connectivity index (χ3n) is 3.16. The van der Waals surface area contributed by atoms with Gasteiger partial charge < -0.3 is 4.90 Å². The maximum Gasteiger partial charge on any atom is 0.219 e. The van der Waals surface area contributed by atoms with Crippen LogP contribution in [0.25, 0.3) is 0 Å². The van der Waals surface area contributed by atoms with Gasteiger partial charge >= 0.3 is 0 Å². The number of hydrogen-bond acceptors (Lipinski definition) is 2. The van der Waals surface area contributed by atoms with Gasteiger partial charge in [-0.2, -0.15) is 5.26 Å². The summed E-state index contributed by atoms with van der Waals surface area (Å²) in [6.45, 7) is 5.34. The summed E-state index contributed by atoms with van der Waals surface area (Å²) in [6.07, 6.45) is 2.92. The molecule has 1 fully saturated rings. The van der Waals surface area contributed by atoms with Crippen molar-refractivity contribution in [1.29, 1.82) is 5.26 Å². The van der Waals surface area contributed by atoms with E-state index in [0.717, 1.165) is 32.4 Å². The Morgan fingerprint density at radius 3 is 2.50 bits per heavy atom. The molecule has 0 N–H and O–H groups in total. The Morgan fingerprint density at radius 2 is 2.14 bits per heavy atom. The molecule has 14 heavy (non-hydrogen) atoms. The molecule has 3 heteroatoms. The first kappa shape index (κ1) is 11.0. The van der Waals surface area contributed by atoms with Gasteiger partial charge in [0.1, 0.15) is 0 Å². The highest BCUT2D eigenvalue weighted by Gasteiger charge is 2.26. The lowest BCUT2D eigenvalue weighted by Crippen LogP contribution is -2.38. The van der Waals surface area contributed by atoms with Crippen LogP contribution in [-0.4, -0.2) is 23.9 Å². The minimum atomic E-state index is 0.161. The second-order valence-electron chi connectivity index (χ2n) is 3.99. The molecule has 0 aromatic heterocycles. The quantitative estimate of drug-likeness (QED) is 0.672. The summed E-state index contributed by atoms with van der Waals surface area (Å²) in [4.78, 5) is 13.0. The summed E-state index contributed by atoms with van der Waals surface area (Å²) in [7, 11) is 0. The third kappa shape index (κ3) is 2.47. The van der Waals surface area contributed by atoms with Gasteiger partial charge in [0.15, 0.2) is 0 Å². The molecular formula is C11H18N2O. The van der Waals surface area contributed by atoms with E-state index < -0.39 is 0 Å². The molecule has 78 valence electrons. The molecule has 1 aliphatic heterocycles. The highest BCUT2D eigenvalue weighted by molar-refractivity contribution is 5.73. The summed E-state index contributed by atoms with van der Waals surface area (Å²) in [5.74, 6) is 0.846. The van der Waals surface area contributed by atoms with Gasteiger partial charge in [-0.15, -0.1) is 0 Å². The van der Waals surface area contributed by atoms with Gasteiger partial charge in [0.2, 0.25) is 5.91 Å². The highest BCUT2D eigenvalue weighted by Crippen LogP contribution is 2.26. The van der Waals surface area contributed by atoms with Crippen LogP contribution in [0.2, 0.25) is 0 Å². The van der Waals surface area contributed by atoms with Gasteiger partial charge in [-0.3, -0.25) is 4.79 Å². The lowest BCUT2D eigenvalue weighted by molar-refractivity contribution is -0.130. The predicted octanol–water partition coefficient (Wildman–Crippen LogP) is 1.79. The fourth-order valence-corrected chi connectivity index (χ4v) is 2.15. The van der Waals surface area contributed by atoms with Crippen molar-refractivity contribution in [2.24, 2.45) is 11.8 Å². The average Bonchev–Trinajstić information content (AvgIpc) is 2.20. The first-order valence-electron chi connectivity index (χ1n) is 5.34. The lowest BCUT2D eigenvalue weighted by atomic mass is 9.83. The second kappa shape index (κ2) is 4.99. The van der Waals surface area contributed by atoms with Crippen LogP contribution in [0.3, 0.4) is 0 Å². The molecule has 0 spiro atoms. The summed E-state index contributed by atoms with van der Waals surface area (Å²) in [6, 6.07) is 2.36. The van der Waals surface area contributed by atoms with Crippen molar-refractivity contribution in [3.63, 3.8) is 0 Å². The summed E-state index contributed by atoms with van der Waals surface area (Å²) >= 11 is 0. The monoisotopic (exact) mass is 194 g/mol. The molecule has 1 saturated heterocycles. The van der Waals surface area contributed by atoms with Crippen LogP contribution < -0.4 is 0 Å². The number of rotatable bonds is 2. The largest absolute Gasteiger partial charge is 0.343 e. The molecule has 0 saturated carbocycles. The number of carbonyl (C=O) groups is 1. The second-order valence-corrected chi connectivity index (χ2v) is 3.99. The smallest absolute Gasteiger partial charge is 0.219 e. The SMILES string of the molecule is CC[C@H](C#N)C1CCN(C(C)=O)CC1. The molecule has 1 amide bonds. The number of hydrogen-bond donors (Lipinski definition) is 0. The van der Waals surface area contributed by atoms with Crippen molar-refractivity contribution >= 4 is 5.91 Å². The van der Waals surface area contributed by atoms with E-state index in [0.29, 0.717) is 5.92 Å². The van der Waals surface area contributed by atoms with E-state index in [9.17, 15) is 4.79 Å². The number of piperidine rings is 1. The lowest BCUT2D eigenvalue weighted by Gasteiger charge is -2.33. The zero-order chi connectivity index (χ0) is 10.6. The number of nitriles is 1. The maximum atomic E-state index is 11.1. The minimum Gasteiger partial charge on any atom is -0.343 e. The van der Waals surface area contributed by atoms with E-state index >= 15 is 0 Å². The number of amides is 1. The average molecular weight is 194 g/mol. The summed E-state index contributed by atoms with van der Waals surface area (Å²) in [5.41, 5.74) is 0. The van der Waals surface area contributed by atoms with E-state index in [1.54, 1.807) is 6.92 Å². The first-order valence-corrected chi connectivity index (χ1v) is 5.34. The van der Waals surface area contributed by atoms with E-state index in [1.165, 1.54) is 0 Å². The topological polar surface area (TPSA) is 44.1 Å². The van der Waals surface area contributed by atoms with Crippen LogP contribution in [-0.2, 0) is 4.79 Å². The van der Waals surface area contributed by atoms with Crippen LogP contribution in [0, 0.1) is 23.2 Å². The van der Waals surface area contributed by atoms with Gasteiger partial charge in [0.25, 0.3) is 0 Å². The Morgan fingerprint density at radius 1 is 1.57 bits per heavy atom. The fourth-order valence-electron chi connectivity index (χ4n) is 2.15. The highest BCUT2D eigenvalue weighted by atomic mass is 16.2. The minimum absolute atomic E-state index is 0.161. The van der Waals surface area contributed by atoms with Crippen molar-refractivity contribution < 1.29 is 4.79 Å². The Bertz CT molecular complexity index is 236. The van der Waals surface area contributed by atoms with Crippen LogP contribution in [0.4, 0.5) is 0 Å². The Balaban J connectivity index is 2.43. The molecule has 0 bridgehead atoms. The fraction of sp³-hybridized carbons (Fsp3) is 0.818. The zero-order valence-corrected chi connectivity index (χ0v) is 8.99.